The number of aromatic nitrogens is 2. The molecule has 0 radical (unpaired) electrons. The Balaban J connectivity index is 3.06. The zero-order valence-corrected chi connectivity index (χ0v) is 10.4. The van der Waals surface area contributed by atoms with Crippen LogP contribution in [0, 0.1) is 34.6 Å². The van der Waals surface area contributed by atoms with Crippen molar-refractivity contribution in [1.29, 1.82) is 0 Å². The predicted molar refractivity (Wildman–Crippen MR) is 64.4 cm³/mol. The molecule has 0 aliphatic heterocycles. The first-order chi connectivity index (χ1) is 6.95. The van der Waals surface area contributed by atoms with E-state index in [-0.39, 0.29) is 0 Å². The van der Waals surface area contributed by atoms with Gasteiger partial charge in [-0.15, -0.1) is 0 Å². The molecule has 0 bridgehead atoms. The summed E-state index contributed by atoms with van der Waals surface area (Å²) in [5, 5.41) is 1.33. The van der Waals surface area contributed by atoms with E-state index in [0.717, 1.165) is 11.3 Å². The van der Waals surface area contributed by atoms with Crippen LogP contribution in [0.5, 0.6) is 0 Å². The Bertz CT molecular complexity index is 548. The van der Waals surface area contributed by atoms with E-state index in [9.17, 15) is 0 Å². The maximum Gasteiger partial charge on any atom is 0.140 e. The van der Waals surface area contributed by atoms with Gasteiger partial charge in [-0.1, -0.05) is 0 Å². The number of hydrogen-bond acceptors (Lipinski definition) is 1. The van der Waals surface area contributed by atoms with Gasteiger partial charge in [-0.3, -0.25) is 0 Å². The molecular formula is C13H18N2. The highest BCUT2D eigenvalue weighted by molar-refractivity contribution is 5.86. The van der Waals surface area contributed by atoms with Gasteiger partial charge < -0.3 is 4.57 Å². The highest BCUT2D eigenvalue weighted by atomic mass is 15.0. The van der Waals surface area contributed by atoms with Crippen LogP contribution in [-0.2, 0) is 7.05 Å². The second-order valence-electron chi connectivity index (χ2n) is 4.42. The third-order valence-corrected chi connectivity index (χ3v) is 3.72. The predicted octanol–water partition coefficient (Wildman–Crippen LogP) is 3.12. The summed E-state index contributed by atoms with van der Waals surface area (Å²) in [6.07, 6.45) is 0. The van der Waals surface area contributed by atoms with Crippen molar-refractivity contribution in [3.63, 3.8) is 0 Å². The van der Waals surface area contributed by atoms with E-state index in [0.29, 0.717) is 0 Å². The van der Waals surface area contributed by atoms with Gasteiger partial charge >= 0.3 is 0 Å². The minimum atomic E-state index is 1.12. The molecule has 0 fully saturated rings. The molecule has 2 rings (SSSR count). The van der Waals surface area contributed by atoms with Crippen LogP contribution in [-0.4, -0.2) is 9.55 Å². The van der Waals surface area contributed by atoms with Crippen molar-refractivity contribution in [2.24, 2.45) is 7.05 Å². The van der Waals surface area contributed by atoms with Gasteiger partial charge in [0.2, 0.25) is 0 Å². The Morgan fingerprint density at radius 3 is 2.07 bits per heavy atom. The van der Waals surface area contributed by atoms with E-state index in [2.05, 4.69) is 51.2 Å². The molecule has 0 atom stereocenters. The molecule has 0 saturated heterocycles. The number of nitrogens with zero attached hydrogens (tertiary/aromatic N) is 2. The molecule has 15 heavy (non-hydrogen) atoms. The third-order valence-electron chi connectivity index (χ3n) is 3.72. The van der Waals surface area contributed by atoms with Crippen LogP contribution in [0.2, 0.25) is 0 Å². The first-order valence-corrected chi connectivity index (χ1v) is 5.34. The fraction of sp³-hybridized carbons (Fsp3) is 0.462. The second kappa shape index (κ2) is 3.09. The Hall–Kier alpha value is -1.31. The summed E-state index contributed by atoms with van der Waals surface area (Å²) < 4.78 is 2.18. The molecule has 80 valence electrons. The maximum absolute atomic E-state index is 4.68. The van der Waals surface area contributed by atoms with Gasteiger partial charge in [0.15, 0.2) is 0 Å². The normalized spacial score (nSPS) is 11.3. The molecule has 2 heterocycles. The van der Waals surface area contributed by atoms with E-state index in [1.54, 1.807) is 0 Å². The number of fused-ring (bicyclic) bond motifs is 1. The third kappa shape index (κ3) is 1.21. The number of hydrogen-bond donors (Lipinski definition) is 0. The first-order valence-electron chi connectivity index (χ1n) is 5.34. The summed E-state index contributed by atoms with van der Waals surface area (Å²) in [4.78, 5) is 4.68. The van der Waals surface area contributed by atoms with Crippen LogP contribution in [0.25, 0.3) is 11.0 Å². The molecule has 0 aliphatic rings. The van der Waals surface area contributed by atoms with Crippen LogP contribution in [0.1, 0.15) is 28.1 Å². The SMILES string of the molecule is Cc1nc2c(c(C)c1C)c(C)c(C)n2C. The lowest BCUT2D eigenvalue weighted by Crippen LogP contribution is -1.96. The van der Waals surface area contributed by atoms with Crippen molar-refractivity contribution >= 4 is 11.0 Å². The maximum atomic E-state index is 4.68. The zero-order valence-electron chi connectivity index (χ0n) is 10.4. The van der Waals surface area contributed by atoms with Gasteiger partial charge in [0.25, 0.3) is 0 Å². The number of pyridine rings is 1. The molecular weight excluding hydrogens is 184 g/mol. The number of rotatable bonds is 0. The lowest BCUT2D eigenvalue weighted by atomic mass is 10.0. The molecule has 0 N–H and O–H groups in total. The fourth-order valence-corrected chi connectivity index (χ4v) is 2.21. The Morgan fingerprint density at radius 1 is 0.867 bits per heavy atom. The van der Waals surface area contributed by atoms with E-state index in [1.165, 1.54) is 27.8 Å². The smallest absolute Gasteiger partial charge is 0.140 e. The van der Waals surface area contributed by atoms with Crippen molar-refractivity contribution in [2.45, 2.75) is 34.6 Å². The van der Waals surface area contributed by atoms with Crippen molar-refractivity contribution in [2.75, 3.05) is 0 Å². The fourth-order valence-electron chi connectivity index (χ4n) is 2.21. The van der Waals surface area contributed by atoms with Crippen molar-refractivity contribution in [3.05, 3.63) is 28.1 Å². The van der Waals surface area contributed by atoms with Gasteiger partial charge in [0.1, 0.15) is 5.65 Å². The summed E-state index contributed by atoms with van der Waals surface area (Å²) >= 11 is 0. The molecule has 0 unspecified atom stereocenters. The molecule has 2 heteroatoms. The Kier molecular flexibility index (Phi) is 2.10. The molecule has 0 aliphatic carbocycles. The van der Waals surface area contributed by atoms with Crippen LogP contribution in [0.3, 0.4) is 0 Å². The highest BCUT2D eigenvalue weighted by Gasteiger charge is 2.14. The average molecular weight is 202 g/mol. The standard InChI is InChI=1S/C13H18N2/c1-7-8(2)12-9(3)11(5)15(6)13(12)14-10(7)4/h1-6H3. The van der Waals surface area contributed by atoms with Gasteiger partial charge in [-0.25, -0.2) is 4.98 Å². The first kappa shape index (κ1) is 10.2. The van der Waals surface area contributed by atoms with E-state index >= 15 is 0 Å². The lowest BCUT2D eigenvalue weighted by molar-refractivity contribution is 0.891. The lowest BCUT2D eigenvalue weighted by Gasteiger charge is -2.06. The molecule has 0 spiro atoms. The van der Waals surface area contributed by atoms with E-state index in [4.69, 9.17) is 0 Å². The minimum Gasteiger partial charge on any atom is -0.333 e. The molecule has 0 aromatic carbocycles. The summed E-state index contributed by atoms with van der Waals surface area (Å²) in [6.45, 7) is 10.8. The van der Waals surface area contributed by atoms with Gasteiger partial charge in [-0.2, -0.15) is 0 Å². The largest absolute Gasteiger partial charge is 0.333 e. The molecule has 2 aromatic heterocycles. The monoisotopic (exact) mass is 202 g/mol. The molecule has 0 amide bonds. The van der Waals surface area contributed by atoms with Crippen LogP contribution >= 0.6 is 0 Å². The van der Waals surface area contributed by atoms with Gasteiger partial charge in [0.05, 0.1) is 0 Å². The van der Waals surface area contributed by atoms with Gasteiger partial charge in [0, 0.05) is 23.8 Å². The minimum absolute atomic E-state index is 1.12. The van der Waals surface area contributed by atoms with Crippen molar-refractivity contribution in [3.8, 4) is 0 Å². The van der Waals surface area contributed by atoms with Crippen LogP contribution < -0.4 is 0 Å². The topological polar surface area (TPSA) is 17.8 Å². The summed E-state index contributed by atoms with van der Waals surface area (Å²) in [6, 6.07) is 0. The molecule has 2 nitrogen and oxygen atoms in total. The zero-order chi connectivity index (χ0) is 11.3. The van der Waals surface area contributed by atoms with E-state index in [1.807, 2.05) is 0 Å². The number of aryl methyl sites for hydroxylation is 4. The second-order valence-corrected chi connectivity index (χ2v) is 4.42. The Morgan fingerprint density at radius 2 is 1.47 bits per heavy atom. The quantitative estimate of drug-likeness (QED) is 0.642. The Labute approximate surface area is 90.9 Å². The van der Waals surface area contributed by atoms with Gasteiger partial charge in [-0.05, 0) is 51.3 Å². The molecule has 0 saturated carbocycles. The summed E-state index contributed by atoms with van der Waals surface area (Å²) in [5.74, 6) is 0. The van der Waals surface area contributed by atoms with E-state index < -0.39 is 0 Å². The van der Waals surface area contributed by atoms with Crippen molar-refractivity contribution < 1.29 is 0 Å². The summed E-state index contributed by atoms with van der Waals surface area (Å²) in [5.41, 5.74) is 7.62. The van der Waals surface area contributed by atoms with Crippen LogP contribution in [0.15, 0.2) is 0 Å². The molecule has 2 aromatic rings. The average Bonchev–Trinajstić information content (AvgIpc) is 2.40. The summed E-state index contributed by atoms with van der Waals surface area (Å²) in [7, 11) is 2.09. The van der Waals surface area contributed by atoms with Crippen molar-refractivity contribution in [1.82, 2.24) is 9.55 Å². The highest BCUT2D eigenvalue weighted by Crippen LogP contribution is 2.28. The van der Waals surface area contributed by atoms with Crippen LogP contribution in [0.4, 0.5) is 0 Å².